The number of nitrogens with zero attached hydrogens (tertiary/aromatic N) is 2. The van der Waals surface area contributed by atoms with Crippen molar-refractivity contribution in [1.29, 1.82) is 0 Å². The summed E-state index contributed by atoms with van der Waals surface area (Å²) in [5.41, 5.74) is 4.11. The summed E-state index contributed by atoms with van der Waals surface area (Å²) in [6.07, 6.45) is 16.2. The first-order valence-electron chi connectivity index (χ1n) is 16.9. The van der Waals surface area contributed by atoms with Crippen LogP contribution in [0.25, 0.3) is 0 Å². The van der Waals surface area contributed by atoms with Gasteiger partial charge in [-0.1, -0.05) is 60.7 Å². The molecule has 0 spiro atoms. The average molecular weight is 609 g/mol. The van der Waals surface area contributed by atoms with Gasteiger partial charge >= 0.3 is 0 Å². The molecule has 6 rings (SSSR count). The Hall–Kier alpha value is -3.77. The highest BCUT2D eigenvalue weighted by Gasteiger charge is 2.32. The molecule has 3 aliphatic rings. The quantitative estimate of drug-likeness (QED) is 0.252. The maximum Gasteiger partial charge on any atom is 0.223 e. The third kappa shape index (κ3) is 7.55. The van der Waals surface area contributed by atoms with Crippen LogP contribution in [-0.4, -0.2) is 26.7 Å². The molecule has 2 heterocycles. The van der Waals surface area contributed by atoms with E-state index >= 15 is 0 Å². The molecule has 2 aliphatic carbocycles. The molecule has 0 saturated heterocycles. The smallest absolute Gasteiger partial charge is 0.223 e. The van der Waals surface area contributed by atoms with Crippen molar-refractivity contribution >= 4 is 0 Å². The Balaban J connectivity index is 0.982. The molecule has 2 fully saturated rings. The van der Waals surface area contributed by atoms with Gasteiger partial charge in [0, 0.05) is 30.5 Å². The highest BCUT2D eigenvalue weighted by molar-refractivity contribution is 5.29. The first-order chi connectivity index (χ1) is 22.0. The molecular weight excluding hydrogens is 560 g/mol. The van der Waals surface area contributed by atoms with Crippen LogP contribution in [0, 0.1) is 18.8 Å². The standard InChI is InChI=1S/C39H48N2O4/c1-28-38(44-26-32-9-5-3-6-10-32)36(42)21-23-40(28)34-17-13-30(14-18-34)25-31-15-19-35(20-16-31)41-24-22-37(43)39(29(41)2)45-27-33-11-7-4-8-12-33/h3-12,21-24,30-31,34-36,42H,13-20,25-27H2,1-2H3. The van der Waals surface area contributed by atoms with E-state index in [1.54, 1.807) is 6.07 Å². The van der Waals surface area contributed by atoms with Gasteiger partial charge in [0.25, 0.3) is 0 Å². The van der Waals surface area contributed by atoms with Gasteiger partial charge in [-0.3, -0.25) is 4.79 Å². The van der Waals surface area contributed by atoms with Crippen LogP contribution < -0.4 is 10.2 Å². The van der Waals surface area contributed by atoms with Crippen molar-refractivity contribution in [3.05, 3.63) is 124 Å². The number of rotatable bonds is 10. The number of aliphatic hydroxyl groups is 1. The van der Waals surface area contributed by atoms with Crippen LogP contribution in [0.1, 0.15) is 87.6 Å². The predicted octanol–water partition coefficient (Wildman–Crippen LogP) is 8.05. The molecule has 1 aliphatic heterocycles. The summed E-state index contributed by atoms with van der Waals surface area (Å²) in [5, 5.41) is 10.6. The predicted molar refractivity (Wildman–Crippen MR) is 178 cm³/mol. The van der Waals surface area contributed by atoms with Gasteiger partial charge in [-0.25, -0.2) is 0 Å². The maximum absolute atomic E-state index is 12.7. The van der Waals surface area contributed by atoms with Gasteiger partial charge in [0.15, 0.2) is 5.75 Å². The fourth-order valence-corrected chi connectivity index (χ4v) is 7.76. The molecule has 238 valence electrons. The lowest BCUT2D eigenvalue weighted by atomic mass is 9.75. The molecule has 1 aromatic heterocycles. The summed E-state index contributed by atoms with van der Waals surface area (Å²) in [6.45, 7) is 4.98. The van der Waals surface area contributed by atoms with Gasteiger partial charge in [-0.2, -0.15) is 0 Å². The van der Waals surface area contributed by atoms with E-state index in [0.29, 0.717) is 36.8 Å². The third-order valence-electron chi connectivity index (χ3n) is 10.3. The summed E-state index contributed by atoms with van der Waals surface area (Å²) < 4.78 is 14.5. The molecule has 0 amide bonds. The second-order valence-electron chi connectivity index (χ2n) is 13.3. The van der Waals surface area contributed by atoms with Gasteiger partial charge in [-0.05, 0) is 101 Å². The van der Waals surface area contributed by atoms with Crippen LogP contribution in [0.3, 0.4) is 0 Å². The van der Waals surface area contributed by atoms with Crippen LogP contribution in [0.2, 0.25) is 0 Å². The van der Waals surface area contributed by atoms with Gasteiger partial charge in [0.2, 0.25) is 5.43 Å². The summed E-state index contributed by atoms with van der Waals surface area (Å²) >= 11 is 0. The number of aliphatic hydroxyl groups excluding tert-OH is 1. The molecule has 2 aromatic carbocycles. The second kappa shape index (κ2) is 14.6. The van der Waals surface area contributed by atoms with Crippen molar-refractivity contribution in [3.8, 4) is 5.75 Å². The fraction of sp³-hybridized carbons (Fsp3) is 0.462. The number of allylic oxidation sites excluding steroid dienone is 1. The van der Waals surface area contributed by atoms with E-state index in [1.807, 2.05) is 67.7 Å². The van der Waals surface area contributed by atoms with Gasteiger partial charge < -0.3 is 24.0 Å². The zero-order chi connectivity index (χ0) is 31.2. The Bertz CT molecular complexity index is 1510. The fourth-order valence-electron chi connectivity index (χ4n) is 7.76. The highest BCUT2D eigenvalue weighted by Crippen LogP contribution is 2.41. The van der Waals surface area contributed by atoms with Crippen LogP contribution >= 0.6 is 0 Å². The normalized spacial score (nSPS) is 25.3. The van der Waals surface area contributed by atoms with E-state index < -0.39 is 6.10 Å². The first-order valence-corrected chi connectivity index (χ1v) is 16.9. The number of ether oxygens (including phenoxy) is 2. The highest BCUT2D eigenvalue weighted by atomic mass is 16.5. The SMILES string of the molecule is CC1=C(OCc2ccccc2)C(O)C=CN1C1CCC(CC2CCC(n3ccc(=O)c(OCc4ccccc4)c3C)CC2)CC1. The molecule has 3 aromatic rings. The summed E-state index contributed by atoms with van der Waals surface area (Å²) in [6, 6.07) is 22.7. The number of benzene rings is 2. The number of hydrogen-bond donors (Lipinski definition) is 1. The number of aromatic nitrogens is 1. The maximum atomic E-state index is 12.7. The van der Waals surface area contributed by atoms with E-state index in [2.05, 4.69) is 34.7 Å². The van der Waals surface area contributed by atoms with E-state index in [9.17, 15) is 9.90 Å². The first kappa shape index (κ1) is 31.2. The minimum absolute atomic E-state index is 0.0400. The average Bonchev–Trinajstić information content (AvgIpc) is 3.07. The lowest BCUT2D eigenvalue weighted by Gasteiger charge is -2.40. The molecule has 6 nitrogen and oxygen atoms in total. The Morgan fingerprint density at radius 3 is 1.89 bits per heavy atom. The molecule has 1 N–H and O–H groups in total. The largest absolute Gasteiger partial charge is 0.488 e. The molecule has 6 heteroatoms. The topological polar surface area (TPSA) is 63.9 Å². The van der Waals surface area contributed by atoms with Crippen molar-refractivity contribution < 1.29 is 14.6 Å². The summed E-state index contributed by atoms with van der Waals surface area (Å²) in [7, 11) is 0. The van der Waals surface area contributed by atoms with Crippen LogP contribution in [0.5, 0.6) is 5.75 Å². The van der Waals surface area contributed by atoms with Crippen molar-refractivity contribution in [2.24, 2.45) is 11.8 Å². The second-order valence-corrected chi connectivity index (χ2v) is 13.3. The molecule has 1 unspecified atom stereocenters. The van der Waals surface area contributed by atoms with Crippen molar-refractivity contribution in [2.45, 2.75) is 103 Å². The van der Waals surface area contributed by atoms with Crippen LogP contribution in [0.4, 0.5) is 0 Å². The van der Waals surface area contributed by atoms with E-state index in [4.69, 9.17) is 9.47 Å². The number of hydrogen-bond acceptors (Lipinski definition) is 5. The van der Waals surface area contributed by atoms with Gasteiger partial charge in [0.1, 0.15) is 25.1 Å². The zero-order valence-electron chi connectivity index (χ0n) is 26.8. The molecule has 2 saturated carbocycles. The molecule has 45 heavy (non-hydrogen) atoms. The Morgan fingerprint density at radius 1 is 0.733 bits per heavy atom. The monoisotopic (exact) mass is 608 g/mol. The van der Waals surface area contributed by atoms with Crippen LogP contribution in [0.15, 0.2) is 101 Å². The van der Waals surface area contributed by atoms with Crippen molar-refractivity contribution in [2.75, 3.05) is 0 Å². The minimum Gasteiger partial charge on any atom is -0.488 e. The van der Waals surface area contributed by atoms with E-state index in [1.165, 1.54) is 44.9 Å². The lowest BCUT2D eigenvalue weighted by Crippen LogP contribution is -2.37. The van der Waals surface area contributed by atoms with E-state index in [-0.39, 0.29) is 5.43 Å². The Kier molecular flexibility index (Phi) is 10.1. The van der Waals surface area contributed by atoms with E-state index in [0.717, 1.165) is 47.2 Å². The van der Waals surface area contributed by atoms with Crippen molar-refractivity contribution in [1.82, 2.24) is 9.47 Å². The van der Waals surface area contributed by atoms with Gasteiger partial charge in [0.05, 0.1) is 11.4 Å². The Morgan fingerprint density at radius 2 is 1.29 bits per heavy atom. The molecular formula is C39H48N2O4. The van der Waals surface area contributed by atoms with Gasteiger partial charge in [-0.15, -0.1) is 0 Å². The van der Waals surface area contributed by atoms with Crippen molar-refractivity contribution in [3.63, 3.8) is 0 Å². The molecule has 0 radical (unpaired) electrons. The van der Waals surface area contributed by atoms with Crippen LogP contribution in [-0.2, 0) is 18.0 Å². The third-order valence-corrected chi connectivity index (χ3v) is 10.3. The minimum atomic E-state index is -0.690. The Labute approximate surface area is 268 Å². The lowest BCUT2D eigenvalue weighted by molar-refractivity contribution is 0.0941. The molecule has 1 atom stereocenters. The molecule has 0 bridgehead atoms. The summed E-state index contributed by atoms with van der Waals surface area (Å²) in [4.78, 5) is 15.0. The zero-order valence-corrected chi connectivity index (χ0v) is 26.8. The summed E-state index contributed by atoms with van der Waals surface area (Å²) in [5.74, 6) is 2.72. The number of pyridine rings is 1.